The number of aromatic amines is 1. The van der Waals surface area contributed by atoms with Crippen LogP contribution in [0.5, 0.6) is 5.75 Å². The number of tetrazole rings is 1. The Kier molecular flexibility index (Phi) is 2.41. The number of phenolic OH excluding ortho intramolecular Hbond substituents is 1. The highest BCUT2D eigenvalue weighted by Gasteiger charge is 2.10. The topological polar surface area (TPSA) is 104 Å². The quantitative estimate of drug-likeness (QED) is 0.666. The van der Waals surface area contributed by atoms with E-state index in [0.717, 1.165) is 0 Å². The highest BCUT2D eigenvalue weighted by atomic mass is 32.1. The molecule has 0 amide bonds. The number of carbonyl (C=O) groups is 1. The molecule has 2 rings (SSSR count). The Hall–Kier alpha value is -2.22. The van der Waals surface area contributed by atoms with Crippen molar-refractivity contribution in [3.63, 3.8) is 0 Å². The van der Waals surface area contributed by atoms with E-state index < -0.39 is 5.97 Å². The second kappa shape index (κ2) is 3.74. The lowest BCUT2D eigenvalue weighted by Gasteiger charge is -2.04. The van der Waals surface area contributed by atoms with Crippen LogP contribution in [0.3, 0.4) is 0 Å². The van der Waals surface area contributed by atoms with Gasteiger partial charge in [0.1, 0.15) is 11.4 Å². The van der Waals surface area contributed by atoms with Gasteiger partial charge in [0.15, 0.2) is 0 Å². The van der Waals surface area contributed by atoms with E-state index in [4.69, 9.17) is 17.3 Å². The van der Waals surface area contributed by atoms with Gasteiger partial charge in [-0.1, -0.05) is 10.3 Å². The molecule has 3 N–H and O–H groups in total. The van der Waals surface area contributed by atoms with Crippen molar-refractivity contribution in [3.8, 4) is 11.4 Å². The van der Waals surface area contributed by atoms with Crippen LogP contribution in [0.1, 0.15) is 10.4 Å². The molecule has 0 aliphatic carbocycles. The number of H-pyrrole nitrogens is 1. The fraction of sp³-hybridized carbons (Fsp3) is 0. The van der Waals surface area contributed by atoms with E-state index in [1.807, 2.05) is 0 Å². The molecule has 16 heavy (non-hydrogen) atoms. The molecular weight excluding hydrogens is 232 g/mol. The molecule has 0 aliphatic rings. The van der Waals surface area contributed by atoms with Crippen LogP contribution in [0.15, 0.2) is 18.2 Å². The Morgan fingerprint density at radius 1 is 1.50 bits per heavy atom. The van der Waals surface area contributed by atoms with Gasteiger partial charge in [-0.3, -0.25) is 0 Å². The maximum absolute atomic E-state index is 10.8. The lowest BCUT2D eigenvalue weighted by atomic mass is 10.2. The first kappa shape index (κ1) is 10.3. The molecule has 0 radical (unpaired) electrons. The first-order valence-corrected chi connectivity index (χ1v) is 4.57. The number of phenols is 1. The van der Waals surface area contributed by atoms with Crippen molar-refractivity contribution in [2.75, 3.05) is 0 Å². The lowest BCUT2D eigenvalue weighted by Crippen LogP contribution is -2.02. The van der Waals surface area contributed by atoms with Crippen LogP contribution in [0.4, 0.5) is 0 Å². The molecule has 1 heterocycles. The van der Waals surface area contributed by atoms with E-state index in [9.17, 15) is 9.90 Å². The van der Waals surface area contributed by atoms with Crippen LogP contribution in [0.25, 0.3) is 5.69 Å². The molecule has 0 saturated heterocycles. The molecule has 0 saturated carbocycles. The van der Waals surface area contributed by atoms with Crippen molar-refractivity contribution in [3.05, 3.63) is 28.5 Å². The van der Waals surface area contributed by atoms with E-state index in [0.29, 0.717) is 0 Å². The minimum absolute atomic E-state index is 0.0318. The largest absolute Gasteiger partial charge is 0.506 e. The van der Waals surface area contributed by atoms with Crippen molar-refractivity contribution in [1.82, 2.24) is 20.2 Å². The van der Waals surface area contributed by atoms with Gasteiger partial charge in [0.25, 0.3) is 0 Å². The summed E-state index contributed by atoms with van der Waals surface area (Å²) in [5.74, 6) is -1.22. The Morgan fingerprint density at radius 2 is 2.25 bits per heavy atom. The molecular formula is C8H6N4O3S. The molecule has 0 spiro atoms. The zero-order valence-corrected chi connectivity index (χ0v) is 8.60. The summed E-state index contributed by atoms with van der Waals surface area (Å²) in [5.41, 5.74) is 0.221. The van der Waals surface area contributed by atoms with Crippen molar-refractivity contribution >= 4 is 18.2 Å². The van der Waals surface area contributed by atoms with E-state index in [-0.39, 0.29) is 21.8 Å². The van der Waals surface area contributed by atoms with Crippen molar-refractivity contribution in [1.29, 1.82) is 0 Å². The Labute approximate surface area is 93.9 Å². The number of aromatic hydroxyl groups is 1. The summed E-state index contributed by atoms with van der Waals surface area (Å²) >= 11 is 4.84. The second-order valence-electron chi connectivity index (χ2n) is 2.93. The molecule has 0 aliphatic heterocycles. The number of benzene rings is 1. The number of rotatable bonds is 2. The first-order chi connectivity index (χ1) is 7.59. The van der Waals surface area contributed by atoms with Gasteiger partial charge in [0.05, 0.1) is 5.56 Å². The average molecular weight is 238 g/mol. The molecule has 0 fully saturated rings. The molecule has 1 aromatic carbocycles. The number of nitrogens with one attached hydrogen (secondary N) is 1. The first-order valence-electron chi connectivity index (χ1n) is 4.16. The second-order valence-corrected chi connectivity index (χ2v) is 3.29. The van der Waals surface area contributed by atoms with Gasteiger partial charge in [-0.15, -0.1) is 0 Å². The maximum atomic E-state index is 10.8. The highest BCUT2D eigenvalue weighted by Crippen LogP contribution is 2.21. The summed E-state index contributed by atoms with van der Waals surface area (Å²) in [4.78, 5) is 10.8. The number of aromatic carboxylic acids is 1. The number of hydrogen-bond acceptors (Lipinski definition) is 5. The molecule has 0 atom stereocenters. The van der Waals surface area contributed by atoms with Gasteiger partial charge in [0, 0.05) is 0 Å². The van der Waals surface area contributed by atoms with Gasteiger partial charge in [-0.2, -0.15) is 5.21 Å². The van der Waals surface area contributed by atoms with E-state index >= 15 is 0 Å². The van der Waals surface area contributed by atoms with Crippen molar-refractivity contribution in [2.24, 2.45) is 0 Å². The monoisotopic (exact) mass is 238 g/mol. The van der Waals surface area contributed by atoms with Gasteiger partial charge in [-0.25, -0.2) is 9.48 Å². The van der Waals surface area contributed by atoms with Crippen LogP contribution in [-0.4, -0.2) is 36.4 Å². The molecule has 1 aromatic heterocycles. The van der Waals surface area contributed by atoms with Gasteiger partial charge in [-0.05, 0) is 30.4 Å². The maximum Gasteiger partial charge on any atom is 0.335 e. The van der Waals surface area contributed by atoms with Crippen molar-refractivity contribution < 1.29 is 15.0 Å². The Bertz CT molecular complexity index is 603. The summed E-state index contributed by atoms with van der Waals surface area (Å²) in [6.45, 7) is 0. The zero-order chi connectivity index (χ0) is 11.7. The lowest BCUT2D eigenvalue weighted by molar-refractivity contribution is 0.0697. The third-order valence-corrected chi connectivity index (χ3v) is 2.20. The minimum atomic E-state index is -1.10. The van der Waals surface area contributed by atoms with Gasteiger partial charge in [0.2, 0.25) is 4.77 Å². The standard InChI is InChI=1S/C8H6N4O3S/c13-6-2-1-4(7(14)15)3-5(6)12-8(16)9-10-11-12/h1-3,13H,(H,14,15)(H,9,11,16). The summed E-state index contributed by atoms with van der Waals surface area (Å²) in [7, 11) is 0. The van der Waals surface area contributed by atoms with E-state index in [2.05, 4.69) is 15.5 Å². The number of carboxylic acid groups (broad SMARTS) is 1. The van der Waals surface area contributed by atoms with Crippen LogP contribution in [0, 0.1) is 4.77 Å². The molecule has 2 aromatic rings. The fourth-order valence-corrected chi connectivity index (χ4v) is 1.37. The minimum Gasteiger partial charge on any atom is -0.506 e. The number of aromatic nitrogens is 4. The number of hydrogen-bond donors (Lipinski definition) is 3. The number of carboxylic acids is 1. The number of nitrogens with zero attached hydrogens (tertiary/aromatic N) is 3. The summed E-state index contributed by atoms with van der Waals surface area (Å²) in [5, 5.41) is 27.8. The van der Waals surface area contributed by atoms with Crippen molar-refractivity contribution in [2.45, 2.75) is 0 Å². The summed E-state index contributed by atoms with van der Waals surface area (Å²) in [6.07, 6.45) is 0. The molecule has 8 heteroatoms. The Morgan fingerprint density at radius 3 is 2.81 bits per heavy atom. The predicted molar refractivity (Wildman–Crippen MR) is 55.2 cm³/mol. The average Bonchev–Trinajstić information content (AvgIpc) is 2.65. The summed E-state index contributed by atoms with van der Waals surface area (Å²) in [6, 6.07) is 3.82. The molecule has 7 nitrogen and oxygen atoms in total. The van der Waals surface area contributed by atoms with E-state index in [1.54, 1.807) is 0 Å². The van der Waals surface area contributed by atoms with E-state index in [1.165, 1.54) is 22.9 Å². The normalized spacial score (nSPS) is 10.2. The highest BCUT2D eigenvalue weighted by molar-refractivity contribution is 7.71. The van der Waals surface area contributed by atoms with Gasteiger partial charge < -0.3 is 10.2 Å². The summed E-state index contributed by atoms with van der Waals surface area (Å²) < 4.78 is 1.30. The Balaban J connectivity index is 2.65. The third kappa shape index (κ3) is 1.65. The fourth-order valence-electron chi connectivity index (χ4n) is 1.19. The molecule has 0 unspecified atom stereocenters. The SMILES string of the molecule is O=C(O)c1ccc(O)c(-n2[nH]nnc2=S)c1. The van der Waals surface area contributed by atoms with Crippen LogP contribution < -0.4 is 0 Å². The zero-order valence-electron chi connectivity index (χ0n) is 7.78. The van der Waals surface area contributed by atoms with Gasteiger partial charge >= 0.3 is 5.97 Å². The van der Waals surface area contributed by atoms with Crippen LogP contribution in [-0.2, 0) is 0 Å². The molecule has 82 valence electrons. The predicted octanol–water partition coefficient (Wildman–Crippen LogP) is 0.729. The van der Waals surface area contributed by atoms with Crippen LogP contribution >= 0.6 is 12.2 Å². The third-order valence-electron chi connectivity index (χ3n) is 1.93. The van der Waals surface area contributed by atoms with Crippen LogP contribution in [0.2, 0.25) is 0 Å². The smallest absolute Gasteiger partial charge is 0.335 e. The molecule has 0 bridgehead atoms.